The highest BCUT2D eigenvalue weighted by atomic mass is 16.5. The van der Waals surface area contributed by atoms with Gasteiger partial charge in [0, 0.05) is 18.9 Å². The van der Waals surface area contributed by atoms with Crippen molar-refractivity contribution in [2.24, 2.45) is 17.8 Å². The van der Waals surface area contributed by atoms with E-state index in [0.29, 0.717) is 24.8 Å². The number of benzene rings is 2. The Kier molecular flexibility index (Phi) is 6.75. The number of nitrogens with one attached hydrogen (secondary N) is 2. The summed E-state index contributed by atoms with van der Waals surface area (Å²) in [5.41, 5.74) is 4.64. The first-order valence-corrected chi connectivity index (χ1v) is 12.6. The molecule has 0 spiro atoms. The molecule has 2 saturated carbocycles. The van der Waals surface area contributed by atoms with Gasteiger partial charge in [-0.15, -0.1) is 0 Å². The summed E-state index contributed by atoms with van der Waals surface area (Å²) in [5, 5.41) is 14.7. The molecule has 3 aliphatic rings. The molecular formula is C28H32N2O5. The number of hydrogen-bond acceptors (Lipinski definition) is 4. The number of carbonyl (C=O) groups excluding carboxylic acids is 2. The maximum atomic E-state index is 12.9. The smallest absolute Gasteiger partial charge is 0.407 e. The topological polar surface area (TPSA) is 105 Å². The minimum absolute atomic E-state index is 0.0266. The molecule has 2 aromatic carbocycles. The summed E-state index contributed by atoms with van der Waals surface area (Å²) in [6.07, 6.45) is 4.03. The Morgan fingerprint density at radius 3 is 2.14 bits per heavy atom. The van der Waals surface area contributed by atoms with E-state index in [1.165, 1.54) is 11.1 Å². The van der Waals surface area contributed by atoms with Gasteiger partial charge in [0.15, 0.2) is 0 Å². The summed E-state index contributed by atoms with van der Waals surface area (Å²) < 4.78 is 5.65. The molecule has 3 aliphatic carbocycles. The van der Waals surface area contributed by atoms with Crippen LogP contribution < -0.4 is 10.6 Å². The molecule has 7 heteroatoms. The van der Waals surface area contributed by atoms with E-state index in [1.54, 1.807) is 0 Å². The minimum Gasteiger partial charge on any atom is -0.481 e. The van der Waals surface area contributed by atoms with Crippen LogP contribution in [0.5, 0.6) is 0 Å². The van der Waals surface area contributed by atoms with Gasteiger partial charge in [-0.25, -0.2) is 4.79 Å². The number of fused-ring (bicyclic) bond motifs is 3. The van der Waals surface area contributed by atoms with Crippen LogP contribution >= 0.6 is 0 Å². The van der Waals surface area contributed by atoms with Gasteiger partial charge in [0.2, 0.25) is 5.91 Å². The molecule has 2 aromatic rings. The highest BCUT2D eigenvalue weighted by Gasteiger charge is 2.34. The molecule has 1 atom stereocenters. The molecule has 184 valence electrons. The van der Waals surface area contributed by atoms with Gasteiger partial charge in [0.1, 0.15) is 12.6 Å². The number of ether oxygens (including phenoxy) is 1. The number of rotatable bonds is 10. The predicted molar refractivity (Wildman–Crippen MR) is 131 cm³/mol. The van der Waals surface area contributed by atoms with Crippen molar-refractivity contribution in [2.45, 2.75) is 50.5 Å². The van der Waals surface area contributed by atoms with E-state index in [9.17, 15) is 14.4 Å². The maximum absolute atomic E-state index is 12.9. The van der Waals surface area contributed by atoms with Crippen LogP contribution in [-0.4, -0.2) is 42.3 Å². The maximum Gasteiger partial charge on any atom is 0.407 e. The number of amides is 2. The Hall–Kier alpha value is -3.35. The summed E-state index contributed by atoms with van der Waals surface area (Å²) in [7, 11) is 0. The number of aliphatic carboxylic acids is 1. The van der Waals surface area contributed by atoms with Crippen LogP contribution in [0.25, 0.3) is 11.1 Å². The average Bonchev–Trinajstić information content (AvgIpc) is 3.58. The second-order valence-corrected chi connectivity index (χ2v) is 10.2. The Labute approximate surface area is 205 Å². The zero-order valence-electron chi connectivity index (χ0n) is 19.7. The Balaban J connectivity index is 1.14. The van der Waals surface area contributed by atoms with Gasteiger partial charge in [0.25, 0.3) is 0 Å². The molecule has 5 rings (SSSR count). The molecule has 0 radical (unpaired) electrons. The number of carbonyl (C=O) groups is 3. The quantitative estimate of drug-likeness (QED) is 0.474. The van der Waals surface area contributed by atoms with Crippen molar-refractivity contribution in [3.05, 3.63) is 59.7 Å². The van der Waals surface area contributed by atoms with E-state index in [4.69, 9.17) is 9.84 Å². The van der Waals surface area contributed by atoms with Crippen LogP contribution in [0.4, 0.5) is 4.79 Å². The molecule has 0 bridgehead atoms. The van der Waals surface area contributed by atoms with Gasteiger partial charge < -0.3 is 20.5 Å². The molecule has 1 unspecified atom stereocenters. The molecule has 0 heterocycles. The van der Waals surface area contributed by atoms with Crippen LogP contribution in [0.15, 0.2) is 48.5 Å². The molecule has 2 amide bonds. The third-order valence-corrected chi connectivity index (χ3v) is 7.58. The van der Waals surface area contributed by atoms with Crippen molar-refractivity contribution in [1.82, 2.24) is 10.6 Å². The molecule has 7 nitrogen and oxygen atoms in total. The monoisotopic (exact) mass is 476 g/mol. The van der Waals surface area contributed by atoms with Crippen molar-refractivity contribution < 1.29 is 24.2 Å². The molecule has 0 aromatic heterocycles. The summed E-state index contributed by atoms with van der Waals surface area (Å²) in [6.45, 7) is 0.729. The number of alkyl carbamates (subject to hydrolysis) is 1. The lowest BCUT2D eigenvalue weighted by molar-refractivity contribution is -0.139. The normalized spacial score (nSPS) is 21.3. The third-order valence-electron chi connectivity index (χ3n) is 7.58. The van der Waals surface area contributed by atoms with Gasteiger partial charge in [0.05, 0.1) is 0 Å². The predicted octanol–water partition coefficient (Wildman–Crippen LogP) is 4.31. The van der Waals surface area contributed by atoms with E-state index in [-0.39, 0.29) is 30.8 Å². The summed E-state index contributed by atoms with van der Waals surface area (Å²) in [4.78, 5) is 36.4. The van der Waals surface area contributed by atoms with Gasteiger partial charge >= 0.3 is 12.1 Å². The molecule has 0 saturated heterocycles. The van der Waals surface area contributed by atoms with Crippen molar-refractivity contribution in [3.63, 3.8) is 0 Å². The van der Waals surface area contributed by atoms with E-state index >= 15 is 0 Å². The largest absolute Gasteiger partial charge is 0.481 e. The van der Waals surface area contributed by atoms with Crippen molar-refractivity contribution in [2.75, 3.05) is 13.2 Å². The first-order valence-electron chi connectivity index (χ1n) is 12.6. The first-order chi connectivity index (χ1) is 17.0. The van der Waals surface area contributed by atoms with E-state index < -0.39 is 18.1 Å². The van der Waals surface area contributed by atoms with Gasteiger partial charge in [-0.05, 0) is 59.3 Å². The summed E-state index contributed by atoms with van der Waals surface area (Å²) >= 11 is 0. The van der Waals surface area contributed by atoms with Crippen LogP contribution in [0.1, 0.15) is 55.6 Å². The Morgan fingerprint density at radius 1 is 0.914 bits per heavy atom. The molecule has 0 aliphatic heterocycles. The lowest BCUT2D eigenvalue weighted by atomic mass is 9.73. The van der Waals surface area contributed by atoms with Crippen LogP contribution in [0.2, 0.25) is 0 Å². The highest BCUT2D eigenvalue weighted by molar-refractivity contribution is 5.85. The third kappa shape index (κ3) is 5.50. The van der Waals surface area contributed by atoms with Gasteiger partial charge in [-0.2, -0.15) is 0 Å². The molecule has 35 heavy (non-hydrogen) atoms. The van der Waals surface area contributed by atoms with Gasteiger partial charge in [-0.3, -0.25) is 9.59 Å². The average molecular weight is 477 g/mol. The number of carboxylic acids is 1. The van der Waals surface area contributed by atoms with E-state index in [0.717, 1.165) is 36.8 Å². The Morgan fingerprint density at radius 2 is 1.54 bits per heavy atom. The molecule has 3 N–H and O–H groups in total. The second-order valence-electron chi connectivity index (χ2n) is 10.2. The first kappa shape index (κ1) is 23.4. The lowest BCUT2D eigenvalue weighted by Gasteiger charge is -2.34. The van der Waals surface area contributed by atoms with E-state index in [1.807, 2.05) is 24.3 Å². The van der Waals surface area contributed by atoms with Crippen molar-refractivity contribution >= 4 is 18.0 Å². The van der Waals surface area contributed by atoms with Crippen LogP contribution in [0, 0.1) is 17.8 Å². The highest BCUT2D eigenvalue weighted by Crippen LogP contribution is 2.44. The zero-order valence-corrected chi connectivity index (χ0v) is 19.7. The number of carboxylic acid groups (broad SMARTS) is 1. The second kappa shape index (κ2) is 10.1. The summed E-state index contributed by atoms with van der Waals surface area (Å²) in [6, 6.07) is 15.8. The lowest BCUT2D eigenvalue weighted by Crippen LogP contribution is -2.49. The molecular weight excluding hydrogens is 444 g/mol. The number of hydrogen-bond donors (Lipinski definition) is 3. The fourth-order valence-corrected chi connectivity index (χ4v) is 5.52. The zero-order chi connectivity index (χ0) is 24.4. The van der Waals surface area contributed by atoms with Gasteiger partial charge in [-0.1, -0.05) is 61.4 Å². The van der Waals surface area contributed by atoms with Crippen LogP contribution in [-0.2, 0) is 14.3 Å². The van der Waals surface area contributed by atoms with Crippen molar-refractivity contribution in [3.8, 4) is 11.1 Å². The fourth-order valence-electron chi connectivity index (χ4n) is 5.52. The minimum atomic E-state index is -0.769. The fraction of sp³-hybridized carbons (Fsp3) is 0.464. The van der Waals surface area contributed by atoms with E-state index in [2.05, 4.69) is 34.9 Å². The Bertz CT molecular complexity index is 1060. The van der Waals surface area contributed by atoms with Crippen molar-refractivity contribution in [1.29, 1.82) is 0 Å². The molecule has 2 fully saturated rings. The summed E-state index contributed by atoms with van der Waals surface area (Å²) in [5.74, 6) is -0.0131. The SMILES string of the molecule is O=C(O)CC1CC(CNC(=O)C(CC2CC2)NC(=O)OCC2c3ccccc3-c3ccccc32)C1. The standard InChI is InChI=1S/C28H32N2O5/c31-26(32)14-18-11-19(12-18)15-29-27(33)25(13-17-9-10-17)30-28(34)35-16-24-22-7-3-1-5-20(22)21-6-2-4-8-23(21)24/h1-8,17-19,24-25H,9-16H2,(H,29,33)(H,30,34)(H,31,32). The van der Waals surface area contributed by atoms with Crippen LogP contribution in [0.3, 0.4) is 0 Å².